The Bertz CT molecular complexity index is 573. The molecule has 0 unspecified atom stereocenters. The van der Waals surface area contributed by atoms with E-state index in [2.05, 4.69) is 27.8 Å². The monoisotopic (exact) mass is 299 g/mol. The summed E-state index contributed by atoms with van der Waals surface area (Å²) in [5.41, 5.74) is 2.24. The average Bonchev–Trinajstić information content (AvgIpc) is 2.95. The van der Waals surface area contributed by atoms with Gasteiger partial charge in [-0.05, 0) is 49.9 Å². The highest BCUT2D eigenvalue weighted by Crippen LogP contribution is 2.22. The van der Waals surface area contributed by atoms with Crippen molar-refractivity contribution in [2.24, 2.45) is 5.92 Å². The SMILES string of the molecule is Cc1cnn(CC2CCN(C[C@@H](O)c3ccccc3)CC2)c1. The number of hydrogen-bond acceptors (Lipinski definition) is 3. The molecule has 1 N–H and O–H groups in total. The smallest absolute Gasteiger partial charge is 0.0916 e. The summed E-state index contributed by atoms with van der Waals surface area (Å²) in [6.45, 7) is 5.96. The normalized spacial score (nSPS) is 18.5. The molecule has 1 atom stereocenters. The third kappa shape index (κ3) is 3.96. The van der Waals surface area contributed by atoms with E-state index in [-0.39, 0.29) is 6.10 Å². The highest BCUT2D eigenvalue weighted by molar-refractivity contribution is 5.17. The molecule has 2 aromatic rings. The summed E-state index contributed by atoms with van der Waals surface area (Å²) in [6, 6.07) is 9.95. The largest absolute Gasteiger partial charge is 0.387 e. The summed E-state index contributed by atoms with van der Waals surface area (Å²) in [4.78, 5) is 2.38. The van der Waals surface area contributed by atoms with Crippen molar-refractivity contribution >= 4 is 0 Å². The molecule has 3 rings (SSSR count). The first-order chi connectivity index (χ1) is 10.7. The van der Waals surface area contributed by atoms with E-state index in [9.17, 15) is 5.11 Å². The van der Waals surface area contributed by atoms with Gasteiger partial charge in [0.05, 0.1) is 12.3 Å². The van der Waals surface area contributed by atoms with Gasteiger partial charge in [-0.2, -0.15) is 5.10 Å². The van der Waals surface area contributed by atoms with Crippen molar-refractivity contribution < 1.29 is 5.11 Å². The summed E-state index contributed by atoms with van der Waals surface area (Å²) < 4.78 is 2.06. The lowest BCUT2D eigenvalue weighted by Crippen LogP contribution is -2.37. The zero-order valence-corrected chi connectivity index (χ0v) is 13.2. The molecule has 4 heteroatoms. The molecule has 0 spiro atoms. The van der Waals surface area contributed by atoms with Crippen molar-refractivity contribution in [3.05, 3.63) is 53.9 Å². The molecule has 1 fully saturated rings. The number of β-amino-alcohol motifs (C(OH)–C–C–N with tert-alkyl or cyclic N) is 1. The van der Waals surface area contributed by atoms with E-state index >= 15 is 0 Å². The Morgan fingerprint density at radius 3 is 2.59 bits per heavy atom. The van der Waals surface area contributed by atoms with Gasteiger partial charge in [0.15, 0.2) is 0 Å². The fourth-order valence-corrected chi connectivity index (χ4v) is 3.21. The van der Waals surface area contributed by atoms with Gasteiger partial charge in [-0.15, -0.1) is 0 Å². The maximum absolute atomic E-state index is 10.3. The lowest BCUT2D eigenvalue weighted by molar-refractivity contribution is 0.0860. The average molecular weight is 299 g/mol. The molecule has 0 radical (unpaired) electrons. The van der Waals surface area contributed by atoms with Gasteiger partial charge in [-0.3, -0.25) is 4.68 Å². The van der Waals surface area contributed by atoms with Gasteiger partial charge >= 0.3 is 0 Å². The summed E-state index contributed by atoms with van der Waals surface area (Å²) >= 11 is 0. The van der Waals surface area contributed by atoms with Gasteiger partial charge in [0.25, 0.3) is 0 Å². The molecule has 1 aromatic carbocycles. The van der Waals surface area contributed by atoms with Crippen LogP contribution in [0.3, 0.4) is 0 Å². The van der Waals surface area contributed by atoms with Crippen molar-refractivity contribution in [1.29, 1.82) is 0 Å². The number of aliphatic hydroxyl groups excluding tert-OH is 1. The second-order valence-corrected chi connectivity index (χ2v) is 6.41. The number of benzene rings is 1. The summed E-state index contributed by atoms with van der Waals surface area (Å²) in [7, 11) is 0. The number of aromatic nitrogens is 2. The molecule has 0 saturated carbocycles. The number of aryl methyl sites for hydroxylation is 1. The van der Waals surface area contributed by atoms with Gasteiger partial charge in [0.1, 0.15) is 0 Å². The highest BCUT2D eigenvalue weighted by atomic mass is 16.3. The number of rotatable bonds is 5. The fourth-order valence-electron chi connectivity index (χ4n) is 3.21. The minimum Gasteiger partial charge on any atom is -0.387 e. The van der Waals surface area contributed by atoms with E-state index in [1.807, 2.05) is 36.5 Å². The van der Waals surface area contributed by atoms with Crippen LogP contribution in [0.1, 0.15) is 30.1 Å². The van der Waals surface area contributed by atoms with Crippen LogP contribution in [0.15, 0.2) is 42.7 Å². The lowest BCUT2D eigenvalue weighted by atomic mass is 9.96. The van der Waals surface area contributed by atoms with Crippen LogP contribution in [-0.2, 0) is 6.54 Å². The van der Waals surface area contributed by atoms with Crippen molar-refractivity contribution in [2.75, 3.05) is 19.6 Å². The second-order valence-electron chi connectivity index (χ2n) is 6.41. The number of nitrogens with zero attached hydrogens (tertiary/aromatic N) is 3. The van der Waals surface area contributed by atoms with Crippen LogP contribution >= 0.6 is 0 Å². The third-order valence-electron chi connectivity index (χ3n) is 4.53. The molecule has 0 bridgehead atoms. The van der Waals surface area contributed by atoms with Crippen LogP contribution in [0.2, 0.25) is 0 Å². The predicted octanol–water partition coefficient (Wildman–Crippen LogP) is 2.64. The van der Waals surface area contributed by atoms with Crippen molar-refractivity contribution in [1.82, 2.24) is 14.7 Å². The first kappa shape index (κ1) is 15.3. The van der Waals surface area contributed by atoms with Gasteiger partial charge in [0.2, 0.25) is 0 Å². The molecular formula is C18H25N3O. The van der Waals surface area contributed by atoms with Crippen LogP contribution in [0, 0.1) is 12.8 Å². The topological polar surface area (TPSA) is 41.3 Å². The molecule has 0 amide bonds. The number of hydrogen-bond donors (Lipinski definition) is 1. The number of aliphatic hydroxyl groups is 1. The predicted molar refractivity (Wildman–Crippen MR) is 87.5 cm³/mol. The Kier molecular flexibility index (Phi) is 4.90. The molecule has 1 saturated heterocycles. The molecule has 118 valence electrons. The maximum atomic E-state index is 10.3. The van der Waals surface area contributed by atoms with Gasteiger partial charge in [0, 0.05) is 19.3 Å². The van der Waals surface area contributed by atoms with Gasteiger partial charge in [-0.1, -0.05) is 30.3 Å². The lowest BCUT2D eigenvalue weighted by Gasteiger charge is -2.33. The number of piperidine rings is 1. The molecule has 1 aliphatic rings. The summed E-state index contributed by atoms with van der Waals surface area (Å²) in [5.74, 6) is 0.699. The first-order valence-electron chi connectivity index (χ1n) is 8.15. The zero-order chi connectivity index (χ0) is 15.4. The molecular weight excluding hydrogens is 274 g/mol. The Hall–Kier alpha value is -1.65. The molecule has 1 aromatic heterocycles. The third-order valence-corrected chi connectivity index (χ3v) is 4.53. The Labute approximate surface area is 132 Å². The van der Waals surface area contributed by atoms with Gasteiger partial charge < -0.3 is 10.0 Å². The van der Waals surface area contributed by atoms with E-state index in [1.165, 1.54) is 18.4 Å². The summed E-state index contributed by atoms with van der Waals surface area (Å²) in [5, 5.41) is 14.7. The highest BCUT2D eigenvalue weighted by Gasteiger charge is 2.22. The van der Waals surface area contributed by atoms with Crippen molar-refractivity contribution in [2.45, 2.75) is 32.4 Å². The molecule has 1 aliphatic heterocycles. The van der Waals surface area contributed by atoms with E-state index in [4.69, 9.17) is 0 Å². The number of likely N-dealkylation sites (tertiary alicyclic amines) is 1. The Balaban J connectivity index is 1.45. The Morgan fingerprint density at radius 1 is 1.23 bits per heavy atom. The second kappa shape index (κ2) is 7.07. The van der Waals surface area contributed by atoms with Crippen LogP contribution in [0.25, 0.3) is 0 Å². The molecule has 4 nitrogen and oxygen atoms in total. The molecule has 2 heterocycles. The van der Waals surface area contributed by atoms with Crippen molar-refractivity contribution in [3.63, 3.8) is 0 Å². The van der Waals surface area contributed by atoms with Crippen LogP contribution in [0.5, 0.6) is 0 Å². The maximum Gasteiger partial charge on any atom is 0.0916 e. The first-order valence-corrected chi connectivity index (χ1v) is 8.15. The van der Waals surface area contributed by atoms with E-state index in [1.54, 1.807) is 0 Å². The Morgan fingerprint density at radius 2 is 1.95 bits per heavy atom. The minimum absolute atomic E-state index is 0.383. The minimum atomic E-state index is -0.383. The molecule has 22 heavy (non-hydrogen) atoms. The standard InChI is InChI=1S/C18H25N3O/c1-15-11-19-21(12-15)13-16-7-9-20(10-8-16)14-18(22)17-5-3-2-4-6-17/h2-6,11-12,16,18,22H,7-10,13-14H2,1H3/t18-/m1/s1. The van der Waals surface area contributed by atoms with E-state index < -0.39 is 0 Å². The fraction of sp³-hybridized carbons (Fsp3) is 0.500. The van der Waals surface area contributed by atoms with E-state index in [0.717, 1.165) is 31.7 Å². The van der Waals surface area contributed by atoms with Gasteiger partial charge in [-0.25, -0.2) is 0 Å². The van der Waals surface area contributed by atoms with E-state index in [0.29, 0.717) is 5.92 Å². The van der Waals surface area contributed by atoms with Crippen LogP contribution in [0.4, 0.5) is 0 Å². The zero-order valence-electron chi connectivity index (χ0n) is 13.2. The summed E-state index contributed by atoms with van der Waals surface area (Å²) in [6.07, 6.45) is 6.02. The quantitative estimate of drug-likeness (QED) is 0.923. The van der Waals surface area contributed by atoms with Crippen LogP contribution in [-0.4, -0.2) is 39.4 Å². The van der Waals surface area contributed by atoms with Crippen molar-refractivity contribution in [3.8, 4) is 0 Å². The molecule has 0 aliphatic carbocycles. The van der Waals surface area contributed by atoms with Crippen LogP contribution < -0.4 is 0 Å².